The van der Waals surface area contributed by atoms with Crippen LogP contribution in [0.4, 0.5) is 0 Å². The number of carbonyl (C=O) groups excluding carboxylic acids is 1. The predicted octanol–water partition coefficient (Wildman–Crippen LogP) is 5.88. The number of aryl methyl sites for hydroxylation is 1. The van der Waals surface area contributed by atoms with Crippen molar-refractivity contribution in [2.45, 2.75) is 34.1 Å². The molecular formula is C25H29N3O2. The van der Waals surface area contributed by atoms with Crippen LogP contribution in [0.3, 0.4) is 0 Å². The number of methoxy groups -OCH3 is 1. The van der Waals surface area contributed by atoms with Crippen LogP contribution in [0.2, 0.25) is 0 Å². The largest absolute Gasteiger partial charge is 0.497 e. The van der Waals surface area contributed by atoms with Gasteiger partial charge in [-0.15, -0.1) is 0 Å². The molecule has 0 bridgehead atoms. The second-order valence-corrected chi connectivity index (χ2v) is 6.29. The lowest BCUT2D eigenvalue weighted by Crippen LogP contribution is -1.91. The van der Waals surface area contributed by atoms with Crippen molar-refractivity contribution in [2.75, 3.05) is 7.11 Å². The van der Waals surface area contributed by atoms with Crippen LogP contribution in [0.5, 0.6) is 5.75 Å². The summed E-state index contributed by atoms with van der Waals surface area (Å²) in [6, 6.07) is 19.4. The second-order valence-electron chi connectivity index (χ2n) is 6.29. The number of Topliss-reactive ketones (excluding diaryl/α,β-unsaturated/α-hetero) is 1. The molecule has 5 nitrogen and oxygen atoms in total. The second kappa shape index (κ2) is 11.5. The number of benzene rings is 2. The zero-order valence-corrected chi connectivity index (χ0v) is 18.3. The molecule has 0 amide bonds. The molecule has 0 aliphatic rings. The molecule has 2 aromatic carbocycles. The van der Waals surface area contributed by atoms with Crippen LogP contribution >= 0.6 is 0 Å². The van der Waals surface area contributed by atoms with Gasteiger partial charge in [0.15, 0.2) is 11.4 Å². The summed E-state index contributed by atoms with van der Waals surface area (Å²) in [5, 5.41) is 4.22. The van der Waals surface area contributed by atoms with Crippen LogP contribution in [0.1, 0.15) is 43.6 Å². The fourth-order valence-corrected chi connectivity index (χ4v) is 2.75. The maximum absolute atomic E-state index is 10.8. The van der Waals surface area contributed by atoms with Crippen molar-refractivity contribution in [1.82, 2.24) is 14.6 Å². The van der Waals surface area contributed by atoms with Crippen molar-refractivity contribution in [2.24, 2.45) is 0 Å². The third kappa shape index (κ3) is 6.01. The van der Waals surface area contributed by atoms with Gasteiger partial charge < -0.3 is 4.74 Å². The summed E-state index contributed by atoms with van der Waals surface area (Å²) in [6.07, 6.45) is 4.77. The lowest BCUT2D eigenvalue weighted by Gasteiger charge is -1.99. The minimum absolute atomic E-state index is 0.0765. The molecule has 4 rings (SSSR count). The molecule has 0 fully saturated rings. The van der Waals surface area contributed by atoms with Gasteiger partial charge in [-0.05, 0) is 61.4 Å². The predicted molar refractivity (Wildman–Crippen MR) is 122 cm³/mol. The highest BCUT2D eigenvalue weighted by Gasteiger charge is 2.04. The minimum atomic E-state index is 0.0765. The molecule has 2 heterocycles. The standard InChI is InChI=1S/C14H13N3.C9H10O2.C2H6/c1-2-11-5-3-6-12(9-11)13-10-17-14(16-13)7-4-8-15-17;1-7(10)8-3-5-9(11-2)6-4-8;1-2/h3-10H,2H2,1H3;3-6H,1-2H3;1-2H3. The molecule has 2 aromatic heterocycles. The van der Waals surface area contributed by atoms with Gasteiger partial charge in [-0.3, -0.25) is 4.79 Å². The molecule has 0 unspecified atom stereocenters. The van der Waals surface area contributed by atoms with Crippen molar-refractivity contribution in [3.8, 4) is 17.0 Å². The monoisotopic (exact) mass is 403 g/mol. The first-order valence-corrected chi connectivity index (χ1v) is 10.2. The molecule has 0 saturated carbocycles. The summed E-state index contributed by atoms with van der Waals surface area (Å²) >= 11 is 0. The molecule has 0 aliphatic carbocycles. The van der Waals surface area contributed by atoms with E-state index >= 15 is 0 Å². The maximum Gasteiger partial charge on any atom is 0.159 e. The van der Waals surface area contributed by atoms with Crippen LogP contribution in [0, 0.1) is 0 Å². The number of aromatic nitrogens is 3. The highest BCUT2D eigenvalue weighted by atomic mass is 16.5. The molecule has 156 valence electrons. The summed E-state index contributed by atoms with van der Waals surface area (Å²) < 4.78 is 6.74. The van der Waals surface area contributed by atoms with Crippen LogP contribution in [-0.4, -0.2) is 27.5 Å². The number of hydrogen-bond donors (Lipinski definition) is 0. The van der Waals surface area contributed by atoms with Gasteiger partial charge in [-0.25, -0.2) is 9.50 Å². The topological polar surface area (TPSA) is 56.5 Å². The Morgan fingerprint density at radius 2 is 1.77 bits per heavy atom. The van der Waals surface area contributed by atoms with Gasteiger partial charge in [0.1, 0.15) is 5.75 Å². The smallest absolute Gasteiger partial charge is 0.159 e. The van der Waals surface area contributed by atoms with E-state index in [9.17, 15) is 4.79 Å². The summed E-state index contributed by atoms with van der Waals surface area (Å²) in [7, 11) is 1.60. The molecular weight excluding hydrogens is 374 g/mol. The van der Waals surface area contributed by atoms with E-state index in [1.807, 2.05) is 32.2 Å². The van der Waals surface area contributed by atoms with E-state index in [1.165, 1.54) is 5.56 Å². The van der Waals surface area contributed by atoms with Crippen molar-refractivity contribution < 1.29 is 9.53 Å². The number of rotatable bonds is 4. The highest BCUT2D eigenvalue weighted by molar-refractivity contribution is 5.94. The quantitative estimate of drug-likeness (QED) is 0.399. The highest BCUT2D eigenvalue weighted by Crippen LogP contribution is 2.20. The molecule has 0 N–H and O–H groups in total. The van der Waals surface area contributed by atoms with Gasteiger partial charge in [0.05, 0.1) is 19.0 Å². The summed E-state index contributed by atoms with van der Waals surface area (Å²) in [6.45, 7) is 7.70. The Morgan fingerprint density at radius 1 is 1.03 bits per heavy atom. The molecule has 5 heteroatoms. The molecule has 0 atom stereocenters. The molecule has 0 radical (unpaired) electrons. The lowest BCUT2D eigenvalue weighted by molar-refractivity contribution is 0.101. The Labute approximate surface area is 178 Å². The van der Waals surface area contributed by atoms with E-state index in [0.29, 0.717) is 5.56 Å². The van der Waals surface area contributed by atoms with Crippen LogP contribution in [-0.2, 0) is 6.42 Å². The number of ether oxygens (including phenoxy) is 1. The number of nitrogens with zero attached hydrogens (tertiary/aromatic N) is 3. The average Bonchev–Trinajstić information content (AvgIpc) is 3.25. The normalized spacial score (nSPS) is 9.77. The fourth-order valence-electron chi connectivity index (χ4n) is 2.75. The Kier molecular flexibility index (Phi) is 8.75. The van der Waals surface area contributed by atoms with Gasteiger partial charge in [-0.1, -0.05) is 39.0 Å². The molecule has 0 aliphatic heterocycles. The van der Waals surface area contributed by atoms with Gasteiger partial charge >= 0.3 is 0 Å². The van der Waals surface area contributed by atoms with E-state index < -0.39 is 0 Å². The Hall–Kier alpha value is -3.47. The van der Waals surface area contributed by atoms with Crippen molar-refractivity contribution >= 4 is 11.4 Å². The Balaban J connectivity index is 0.000000215. The van der Waals surface area contributed by atoms with Gasteiger partial charge in [0.2, 0.25) is 0 Å². The molecule has 30 heavy (non-hydrogen) atoms. The summed E-state index contributed by atoms with van der Waals surface area (Å²) in [5.41, 5.74) is 5.04. The van der Waals surface area contributed by atoms with Crippen LogP contribution in [0.15, 0.2) is 73.1 Å². The van der Waals surface area contributed by atoms with Crippen LogP contribution < -0.4 is 4.74 Å². The minimum Gasteiger partial charge on any atom is -0.497 e. The number of hydrogen-bond acceptors (Lipinski definition) is 4. The SMILES string of the molecule is CC.CCc1cccc(-c2cn3ncccc3n2)c1.COc1ccc(C(C)=O)cc1. The lowest BCUT2D eigenvalue weighted by atomic mass is 10.1. The molecule has 4 aromatic rings. The first-order valence-electron chi connectivity index (χ1n) is 10.2. The van der Waals surface area contributed by atoms with Crippen molar-refractivity contribution in [1.29, 1.82) is 0 Å². The van der Waals surface area contributed by atoms with Crippen molar-refractivity contribution in [3.05, 3.63) is 84.2 Å². The third-order valence-corrected chi connectivity index (χ3v) is 4.36. The first kappa shape index (κ1) is 22.8. The maximum atomic E-state index is 10.8. The van der Waals surface area contributed by atoms with E-state index in [-0.39, 0.29) is 5.78 Å². The number of ketones is 1. The fraction of sp³-hybridized carbons (Fsp3) is 0.240. The number of imidazole rings is 1. The van der Waals surface area contributed by atoms with E-state index in [4.69, 9.17) is 4.74 Å². The first-order chi connectivity index (χ1) is 14.6. The van der Waals surface area contributed by atoms with Gasteiger partial charge in [-0.2, -0.15) is 5.10 Å². The summed E-state index contributed by atoms with van der Waals surface area (Å²) in [4.78, 5) is 15.4. The van der Waals surface area contributed by atoms with E-state index in [1.54, 1.807) is 49.0 Å². The average molecular weight is 404 g/mol. The zero-order chi connectivity index (χ0) is 21.9. The van der Waals surface area contributed by atoms with Crippen LogP contribution in [0.25, 0.3) is 16.9 Å². The van der Waals surface area contributed by atoms with Gasteiger partial charge in [0, 0.05) is 17.3 Å². The Bertz CT molecular complexity index is 1040. The molecule has 0 saturated heterocycles. The number of fused-ring (bicyclic) bond motifs is 1. The zero-order valence-electron chi connectivity index (χ0n) is 18.3. The van der Waals surface area contributed by atoms with Gasteiger partial charge in [0.25, 0.3) is 0 Å². The Morgan fingerprint density at radius 3 is 2.37 bits per heavy atom. The van der Waals surface area contributed by atoms with E-state index in [2.05, 4.69) is 41.3 Å². The summed E-state index contributed by atoms with van der Waals surface area (Å²) in [5.74, 6) is 0.850. The van der Waals surface area contributed by atoms with Crippen molar-refractivity contribution in [3.63, 3.8) is 0 Å². The van der Waals surface area contributed by atoms with E-state index in [0.717, 1.165) is 29.1 Å². The molecule has 0 spiro atoms. The number of carbonyl (C=O) groups is 1. The third-order valence-electron chi connectivity index (χ3n) is 4.36.